The molecule has 2 aromatic heterocycles. The first-order valence-corrected chi connectivity index (χ1v) is 8.51. The zero-order chi connectivity index (χ0) is 16.9. The van der Waals surface area contributed by atoms with Gasteiger partial charge in [0.05, 0.1) is 17.4 Å². The number of nitrogens with two attached hydrogens (primary N) is 1. The van der Waals surface area contributed by atoms with Gasteiger partial charge in [0.1, 0.15) is 0 Å². The van der Waals surface area contributed by atoms with Crippen molar-refractivity contribution in [1.29, 1.82) is 0 Å². The van der Waals surface area contributed by atoms with Crippen LogP contribution in [0.15, 0.2) is 36.5 Å². The van der Waals surface area contributed by atoms with Crippen molar-refractivity contribution in [2.24, 2.45) is 5.73 Å². The average molecular weight is 324 g/mol. The quantitative estimate of drug-likeness (QED) is 0.886. The fourth-order valence-electron chi connectivity index (χ4n) is 3.40. The molecule has 2 N–H and O–H groups in total. The molecule has 3 rings (SSSR count). The Balaban J connectivity index is 1.77. The fraction of sp³-hybridized carbons (Fsp3) is 0.421. The van der Waals surface area contributed by atoms with E-state index in [2.05, 4.69) is 22.0 Å². The van der Waals surface area contributed by atoms with Gasteiger partial charge in [0.2, 0.25) is 5.91 Å². The summed E-state index contributed by atoms with van der Waals surface area (Å²) in [5.74, 6) is -0.260. The molecule has 1 fully saturated rings. The van der Waals surface area contributed by atoms with Gasteiger partial charge in [-0.3, -0.25) is 19.7 Å². The van der Waals surface area contributed by atoms with Crippen LogP contribution < -0.4 is 5.73 Å². The highest BCUT2D eigenvalue weighted by Gasteiger charge is 2.27. The molecule has 1 aliphatic heterocycles. The maximum absolute atomic E-state index is 11.0. The van der Waals surface area contributed by atoms with Crippen LogP contribution in [-0.2, 0) is 17.8 Å². The third kappa shape index (κ3) is 4.17. The minimum atomic E-state index is -0.260. The molecule has 0 aliphatic carbocycles. The molecule has 0 unspecified atom stereocenters. The molecule has 5 nitrogen and oxygen atoms in total. The van der Waals surface area contributed by atoms with Crippen molar-refractivity contribution in [2.75, 3.05) is 6.54 Å². The topological polar surface area (TPSA) is 72.1 Å². The van der Waals surface area contributed by atoms with Crippen LogP contribution in [-0.4, -0.2) is 27.3 Å². The Bertz CT molecular complexity index is 702. The van der Waals surface area contributed by atoms with Crippen LogP contribution in [0.5, 0.6) is 0 Å². The first-order valence-electron chi connectivity index (χ1n) is 8.51. The van der Waals surface area contributed by atoms with Crippen LogP contribution in [0.25, 0.3) is 0 Å². The van der Waals surface area contributed by atoms with Crippen molar-refractivity contribution >= 4 is 5.91 Å². The van der Waals surface area contributed by atoms with Crippen molar-refractivity contribution in [3.05, 3.63) is 59.2 Å². The lowest BCUT2D eigenvalue weighted by Gasteiger charge is -2.24. The number of carbonyl (C=O) groups is 1. The normalized spacial score (nSPS) is 18.0. The molecule has 24 heavy (non-hydrogen) atoms. The summed E-state index contributed by atoms with van der Waals surface area (Å²) in [7, 11) is 0. The number of nitrogens with zero attached hydrogens (tertiary/aromatic N) is 3. The number of amides is 1. The first-order chi connectivity index (χ1) is 11.6. The highest BCUT2D eigenvalue weighted by atomic mass is 16.1. The summed E-state index contributed by atoms with van der Waals surface area (Å²) < 4.78 is 0. The molecule has 1 saturated heterocycles. The summed E-state index contributed by atoms with van der Waals surface area (Å²) in [4.78, 5) is 22.7. The number of hydrogen-bond acceptors (Lipinski definition) is 4. The van der Waals surface area contributed by atoms with E-state index >= 15 is 0 Å². The van der Waals surface area contributed by atoms with Gasteiger partial charge in [-0.15, -0.1) is 0 Å². The second-order valence-electron chi connectivity index (χ2n) is 6.46. The molecule has 2 aromatic rings. The van der Waals surface area contributed by atoms with Crippen molar-refractivity contribution in [1.82, 2.24) is 14.9 Å². The first kappa shape index (κ1) is 16.6. The molecule has 0 aromatic carbocycles. The number of aryl methyl sites for hydroxylation is 2. The van der Waals surface area contributed by atoms with Crippen molar-refractivity contribution in [3.63, 3.8) is 0 Å². The molecule has 0 bridgehead atoms. The Labute approximate surface area is 142 Å². The Kier molecular flexibility index (Phi) is 5.20. The Morgan fingerprint density at radius 3 is 3.00 bits per heavy atom. The molecule has 126 valence electrons. The third-order valence-electron chi connectivity index (χ3n) is 4.49. The maximum Gasteiger partial charge on any atom is 0.217 e. The SMILES string of the molecule is Cc1cc(CCC(N)=O)cc([C@H]2CCCN2Cc2ccccn2)n1. The molecular weight excluding hydrogens is 300 g/mol. The van der Waals surface area contributed by atoms with E-state index in [-0.39, 0.29) is 5.91 Å². The highest BCUT2D eigenvalue weighted by molar-refractivity contribution is 5.74. The molecule has 1 amide bonds. The van der Waals surface area contributed by atoms with Crippen LogP contribution in [0.4, 0.5) is 0 Å². The summed E-state index contributed by atoms with van der Waals surface area (Å²) in [6.45, 7) is 3.92. The maximum atomic E-state index is 11.0. The van der Waals surface area contributed by atoms with E-state index in [1.807, 2.05) is 31.3 Å². The van der Waals surface area contributed by atoms with Crippen molar-refractivity contribution in [2.45, 2.75) is 45.2 Å². The summed E-state index contributed by atoms with van der Waals surface area (Å²) >= 11 is 0. The molecule has 1 aliphatic rings. The number of aromatic nitrogens is 2. The fourth-order valence-corrected chi connectivity index (χ4v) is 3.40. The standard InChI is InChI=1S/C19H24N4O/c1-14-11-15(7-8-19(20)24)12-17(22-14)18-6-4-10-23(18)13-16-5-2-3-9-21-16/h2-3,5,9,11-12,18H,4,6-8,10,13H2,1H3,(H2,20,24)/t18-/m1/s1. The van der Waals surface area contributed by atoms with Crippen molar-refractivity contribution in [3.8, 4) is 0 Å². The Morgan fingerprint density at radius 2 is 2.25 bits per heavy atom. The Hall–Kier alpha value is -2.27. The summed E-state index contributed by atoms with van der Waals surface area (Å²) in [6.07, 6.45) is 5.18. The van der Waals surface area contributed by atoms with Crippen LogP contribution >= 0.6 is 0 Å². The largest absolute Gasteiger partial charge is 0.370 e. The van der Waals surface area contributed by atoms with Gasteiger partial charge >= 0.3 is 0 Å². The minimum Gasteiger partial charge on any atom is -0.370 e. The van der Waals surface area contributed by atoms with E-state index in [0.29, 0.717) is 18.9 Å². The second kappa shape index (κ2) is 7.53. The lowest BCUT2D eigenvalue weighted by atomic mass is 10.0. The van der Waals surface area contributed by atoms with Gasteiger partial charge in [-0.25, -0.2) is 0 Å². The lowest BCUT2D eigenvalue weighted by molar-refractivity contribution is -0.117. The number of rotatable bonds is 6. The van der Waals surface area contributed by atoms with Gasteiger partial charge in [-0.05, 0) is 62.6 Å². The van der Waals surface area contributed by atoms with Gasteiger partial charge in [0.15, 0.2) is 0 Å². The minimum absolute atomic E-state index is 0.260. The lowest BCUT2D eigenvalue weighted by Crippen LogP contribution is -2.24. The number of pyridine rings is 2. The van der Waals surface area contributed by atoms with Crippen LogP contribution in [0.3, 0.4) is 0 Å². The zero-order valence-corrected chi connectivity index (χ0v) is 14.1. The van der Waals surface area contributed by atoms with E-state index in [0.717, 1.165) is 42.2 Å². The second-order valence-corrected chi connectivity index (χ2v) is 6.46. The predicted molar refractivity (Wildman–Crippen MR) is 93.1 cm³/mol. The van der Waals surface area contributed by atoms with E-state index in [1.54, 1.807) is 0 Å². The van der Waals surface area contributed by atoms with Gasteiger partial charge in [0.25, 0.3) is 0 Å². The number of primary amides is 1. The molecule has 5 heteroatoms. The monoisotopic (exact) mass is 324 g/mol. The van der Waals surface area contributed by atoms with Gasteiger partial charge < -0.3 is 5.73 Å². The van der Waals surface area contributed by atoms with Crippen LogP contribution in [0, 0.1) is 6.92 Å². The van der Waals surface area contributed by atoms with Crippen LogP contribution in [0.2, 0.25) is 0 Å². The number of hydrogen-bond donors (Lipinski definition) is 1. The molecule has 0 spiro atoms. The predicted octanol–water partition coefficient (Wildman–Crippen LogP) is 2.54. The summed E-state index contributed by atoms with van der Waals surface area (Å²) in [6, 6.07) is 10.5. The van der Waals surface area contributed by atoms with E-state index in [4.69, 9.17) is 10.7 Å². The molecule has 1 atom stereocenters. The highest BCUT2D eigenvalue weighted by Crippen LogP contribution is 2.32. The molecule has 3 heterocycles. The molecular formula is C19H24N4O. The van der Waals surface area contributed by atoms with E-state index < -0.39 is 0 Å². The van der Waals surface area contributed by atoms with Gasteiger partial charge in [-0.2, -0.15) is 0 Å². The van der Waals surface area contributed by atoms with E-state index in [9.17, 15) is 4.79 Å². The number of carbonyl (C=O) groups excluding carboxylic acids is 1. The summed E-state index contributed by atoms with van der Waals surface area (Å²) in [5.41, 5.74) is 9.60. The van der Waals surface area contributed by atoms with Gasteiger partial charge in [-0.1, -0.05) is 6.07 Å². The Morgan fingerprint density at radius 1 is 1.38 bits per heavy atom. The van der Waals surface area contributed by atoms with Crippen molar-refractivity contribution < 1.29 is 4.79 Å². The third-order valence-corrected chi connectivity index (χ3v) is 4.49. The van der Waals surface area contributed by atoms with Gasteiger partial charge in [0, 0.05) is 24.9 Å². The molecule has 0 radical (unpaired) electrons. The average Bonchev–Trinajstić information content (AvgIpc) is 3.01. The van der Waals surface area contributed by atoms with E-state index in [1.165, 1.54) is 6.42 Å². The summed E-state index contributed by atoms with van der Waals surface area (Å²) in [5, 5.41) is 0. The van der Waals surface area contributed by atoms with Crippen LogP contribution in [0.1, 0.15) is 47.9 Å². The number of likely N-dealkylation sites (tertiary alicyclic amines) is 1. The smallest absolute Gasteiger partial charge is 0.217 e. The molecule has 0 saturated carbocycles. The zero-order valence-electron chi connectivity index (χ0n) is 14.1.